The minimum Gasteiger partial charge on any atom is -0.507 e. The van der Waals surface area contributed by atoms with Crippen molar-refractivity contribution in [1.82, 2.24) is 0 Å². The molecule has 0 fully saturated rings. The monoisotopic (exact) mass is 423 g/mol. The van der Waals surface area contributed by atoms with E-state index in [2.05, 4.69) is 5.10 Å². The highest BCUT2D eigenvalue weighted by Gasteiger charge is 2.29. The molecule has 30 heavy (non-hydrogen) atoms. The first-order chi connectivity index (χ1) is 14.3. The van der Waals surface area contributed by atoms with Crippen LogP contribution in [-0.2, 0) is 4.79 Å². The SMILES string of the molecule is CC1=NN(c2cccc(Cl)c2)C(=O)C1=Cc1ccc(-c2cc([N+](=O)[O-])ccc2O)o1. The number of phenols is 1. The molecule has 0 saturated carbocycles. The van der Waals surface area contributed by atoms with Crippen LogP contribution in [-0.4, -0.2) is 21.6 Å². The number of nitro benzene ring substituents is 1. The van der Waals surface area contributed by atoms with Crippen molar-refractivity contribution in [3.8, 4) is 17.1 Å². The van der Waals surface area contributed by atoms with Gasteiger partial charge in [-0.2, -0.15) is 10.1 Å². The maximum absolute atomic E-state index is 12.8. The summed E-state index contributed by atoms with van der Waals surface area (Å²) in [5.74, 6) is 0.0680. The van der Waals surface area contributed by atoms with E-state index in [1.54, 1.807) is 43.3 Å². The molecule has 1 aromatic heterocycles. The van der Waals surface area contributed by atoms with Crippen LogP contribution in [0.2, 0.25) is 5.02 Å². The molecule has 8 nitrogen and oxygen atoms in total. The van der Waals surface area contributed by atoms with Gasteiger partial charge in [-0.15, -0.1) is 0 Å². The first-order valence-electron chi connectivity index (χ1n) is 8.78. The fourth-order valence-electron chi connectivity index (χ4n) is 3.02. The van der Waals surface area contributed by atoms with Crippen LogP contribution in [0.4, 0.5) is 11.4 Å². The molecule has 0 spiro atoms. The van der Waals surface area contributed by atoms with Crippen LogP contribution in [0.3, 0.4) is 0 Å². The van der Waals surface area contributed by atoms with E-state index in [1.165, 1.54) is 29.3 Å². The smallest absolute Gasteiger partial charge is 0.280 e. The van der Waals surface area contributed by atoms with Gasteiger partial charge < -0.3 is 9.52 Å². The van der Waals surface area contributed by atoms with Crippen LogP contribution in [0, 0.1) is 10.1 Å². The van der Waals surface area contributed by atoms with E-state index in [9.17, 15) is 20.0 Å². The number of furan rings is 1. The van der Waals surface area contributed by atoms with Crippen molar-refractivity contribution < 1.29 is 19.2 Å². The summed E-state index contributed by atoms with van der Waals surface area (Å²) in [5, 5.41) is 27.1. The van der Waals surface area contributed by atoms with E-state index < -0.39 is 4.92 Å². The summed E-state index contributed by atoms with van der Waals surface area (Å²) in [5.41, 5.74) is 1.37. The molecule has 2 heterocycles. The number of hydrogen-bond donors (Lipinski definition) is 1. The largest absolute Gasteiger partial charge is 0.507 e. The summed E-state index contributed by atoms with van der Waals surface area (Å²) in [6.45, 7) is 1.70. The Morgan fingerprint density at radius 2 is 2.00 bits per heavy atom. The van der Waals surface area contributed by atoms with Crippen LogP contribution in [0.15, 0.2) is 69.7 Å². The van der Waals surface area contributed by atoms with Gasteiger partial charge in [0.05, 0.1) is 27.5 Å². The number of halogens is 1. The van der Waals surface area contributed by atoms with Gasteiger partial charge in [0.15, 0.2) is 0 Å². The number of hydrazone groups is 1. The van der Waals surface area contributed by atoms with E-state index in [4.69, 9.17) is 16.0 Å². The summed E-state index contributed by atoms with van der Waals surface area (Å²) in [6.07, 6.45) is 1.53. The summed E-state index contributed by atoms with van der Waals surface area (Å²) in [7, 11) is 0. The number of non-ortho nitro benzene ring substituents is 1. The molecule has 3 aromatic rings. The van der Waals surface area contributed by atoms with Crippen LogP contribution >= 0.6 is 11.6 Å². The molecule has 1 N–H and O–H groups in total. The van der Waals surface area contributed by atoms with Gasteiger partial charge in [-0.25, -0.2) is 0 Å². The zero-order chi connectivity index (χ0) is 21.4. The Bertz CT molecular complexity index is 1240. The predicted octanol–water partition coefficient (Wildman–Crippen LogP) is 5.02. The Hall–Kier alpha value is -3.91. The lowest BCUT2D eigenvalue weighted by Crippen LogP contribution is -2.21. The highest BCUT2D eigenvalue weighted by atomic mass is 35.5. The van der Waals surface area contributed by atoms with Gasteiger partial charge in [0.2, 0.25) is 0 Å². The number of anilines is 1. The first-order valence-corrected chi connectivity index (χ1v) is 9.16. The fourth-order valence-corrected chi connectivity index (χ4v) is 3.20. The Kier molecular flexibility index (Phi) is 4.85. The van der Waals surface area contributed by atoms with Crippen molar-refractivity contribution in [2.75, 3.05) is 5.01 Å². The fraction of sp³-hybridized carbons (Fsp3) is 0.0476. The minimum atomic E-state index is -0.559. The van der Waals surface area contributed by atoms with Crippen LogP contribution in [0.25, 0.3) is 17.4 Å². The molecule has 1 amide bonds. The summed E-state index contributed by atoms with van der Waals surface area (Å²) in [6, 6.07) is 13.6. The number of phenolic OH excluding ortho intramolecular Hbond substituents is 1. The van der Waals surface area contributed by atoms with E-state index in [0.717, 1.165) is 0 Å². The minimum absolute atomic E-state index is 0.157. The zero-order valence-corrected chi connectivity index (χ0v) is 16.3. The lowest BCUT2D eigenvalue weighted by atomic mass is 10.1. The predicted molar refractivity (Wildman–Crippen MR) is 112 cm³/mol. The number of nitrogens with zero attached hydrogens (tertiary/aromatic N) is 3. The number of rotatable bonds is 4. The Morgan fingerprint density at radius 3 is 2.73 bits per heavy atom. The number of amides is 1. The van der Waals surface area contributed by atoms with Crippen molar-refractivity contribution >= 4 is 40.7 Å². The maximum atomic E-state index is 12.8. The van der Waals surface area contributed by atoms with E-state index in [0.29, 0.717) is 27.8 Å². The third kappa shape index (κ3) is 3.56. The second kappa shape index (κ2) is 7.49. The standard InChI is InChI=1S/C21H14ClN3O5/c1-12-17(21(27)24(23-12)14-4-2-3-13(22)9-14)11-16-6-8-20(30-16)18-10-15(25(28)29)5-7-19(18)26/h2-11,26H,1H3. The number of nitro groups is 1. The second-order valence-electron chi connectivity index (χ2n) is 6.50. The quantitative estimate of drug-likeness (QED) is 0.360. The van der Waals surface area contributed by atoms with Crippen molar-refractivity contribution in [2.45, 2.75) is 6.92 Å². The highest BCUT2D eigenvalue weighted by molar-refractivity contribution is 6.33. The van der Waals surface area contributed by atoms with Crippen molar-refractivity contribution in [2.24, 2.45) is 5.10 Å². The number of hydrogen-bond acceptors (Lipinski definition) is 6. The van der Waals surface area contributed by atoms with E-state index in [-0.39, 0.29) is 28.7 Å². The van der Waals surface area contributed by atoms with Crippen molar-refractivity contribution in [3.05, 3.63) is 81.1 Å². The van der Waals surface area contributed by atoms with Crippen molar-refractivity contribution in [3.63, 3.8) is 0 Å². The average Bonchev–Trinajstić information content (AvgIpc) is 3.28. The molecular weight excluding hydrogens is 410 g/mol. The molecule has 0 aliphatic carbocycles. The van der Waals surface area contributed by atoms with E-state index in [1.807, 2.05) is 0 Å². The molecule has 0 atom stereocenters. The number of carbonyl (C=O) groups excluding carboxylic acids is 1. The van der Waals surface area contributed by atoms with Gasteiger partial charge in [0.1, 0.15) is 17.3 Å². The summed E-state index contributed by atoms with van der Waals surface area (Å²) < 4.78 is 5.70. The molecule has 0 bridgehead atoms. The molecule has 1 aliphatic heterocycles. The number of carbonyl (C=O) groups is 1. The lowest BCUT2D eigenvalue weighted by molar-refractivity contribution is -0.384. The Balaban J connectivity index is 1.65. The van der Waals surface area contributed by atoms with E-state index >= 15 is 0 Å². The molecule has 4 rings (SSSR count). The average molecular weight is 424 g/mol. The molecule has 0 saturated heterocycles. The molecule has 2 aromatic carbocycles. The van der Waals surface area contributed by atoms with Crippen molar-refractivity contribution in [1.29, 1.82) is 0 Å². The molecule has 0 unspecified atom stereocenters. The third-order valence-electron chi connectivity index (χ3n) is 4.49. The zero-order valence-electron chi connectivity index (χ0n) is 15.6. The summed E-state index contributed by atoms with van der Waals surface area (Å²) >= 11 is 6.00. The van der Waals surface area contributed by atoms with Crippen LogP contribution in [0.5, 0.6) is 5.75 Å². The maximum Gasteiger partial charge on any atom is 0.280 e. The molecule has 150 valence electrons. The van der Waals surface area contributed by atoms with Crippen LogP contribution < -0.4 is 5.01 Å². The summed E-state index contributed by atoms with van der Waals surface area (Å²) in [4.78, 5) is 23.3. The number of aromatic hydroxyl groups is 1. The molecule has 1 aliphatic rings. The van der Waals surface area contributed by atoms with Gasteiger partial charge >= 0.3 is 0 Å². The van der Waals surface area contributed by atoms with Gasteiger partial charge in [0.25, 0.3) is 11.6 Å². The Labute approximate surface area is 175 Å². The normalized spacial score (nSPS) is 15.0. The van der Waals surface area contributed by atoms with Gasteiger partial charge in [-0.05, 0) is 49.4 Å². The molecular formula is C21H14ClN3O5. The highest BCUT2D eigenvalue weighted by Crippen LogP contribution is 2.34. The van der Waals surface area contributed by atoms with Gasteiger partial charge in [-0.1, -0.05) is 17.7 Å². The topological polar surface area (TPSA) is 109 Å². The number of benzene rings is 2. The lowest BCUT2D eigenvalue weighted by Gasteiger charge is -2.11. The Morgan fingerprint density at radius 1 is 1.20 bits per heavy atom. The van der Waals surface area contributed by atoms with Gasteiger partial charge in [-0.3, -0.25) is 14.9 Å². The third-order valence-corrected chi connectivity index (χ3v) is 4.72. The van der Waals surface area contributed by atoms with Gasteiger partial charge in [0, 0.05) is 17.2 Å². The second-order valence-corrected chi connectivity index (χ2v) is 6.94. The first kappa shape index (κ1) is 19.4. The molecule has 0 radical (unpaired) electrons. The molecule has 9 heteroatoms. The van der Waals surface area contributed by atoms with Crippen LogP contribution in [0.1, 0.15) is 12.7 Å².